The predicted molar refractivity (Wildman–Crippen MR) is 54.6 cm³/mol. The van der Waals surface area contributed by atoms with Gasteiger partial charge in [0.05, 0.1) is 12.0 Å². The van der Waals surface area contributed by atoms with E-state index in [1.165, 1.54) is 5.56 Å². The van der Waals surface area contributed by atoms with Gasteiger partial charge in [-0.25, -0.2) is 0 Å². The van der Waals surface area contributed by atoms with Crippen molar-refractivity contribution in [2.45, 2.75) is 32.6 Å². The van der Waals surface area contributed by atoms with E-state index in [1.54, 1.807) is 0 Å². The number of rotatable bonds is 2. The number of nitriles is 1. The Morgan fingerprint density at radius 3 is 1.85 bits per heavy atom. The Kier molecular flexibility index (Phi) is 3.08. The molecule has 0 N–H and O–H groups in total. The number of benzene rings is 1. The molecule has 0 radical (unpaired) electrons. The van der Waals surface area contributed by atoms with E-state index in [1.807, 2.05) is 19.1 Å². The molecule has 0 aliphatic carbocycles. The van der Waals surface area contributed by atoms with Gasteiger partial charge in [-0.05, 0) is 24.0 Å². The number of nitrogens with zero attached hydrogens (tertiary/aromatic N) is 1. The molecule has 0 fully saturated rings. The summed E-state index contributed by atoms with van der Waals surface area (Å²) in [5, 5.41) is 8.72. The van der Waals surface area contributed by atoms with Crippen LogP contribution in [-0.2, 0) is 0 Å². The van der Waals surface area contributed by atoms with Crippen molar-refractivity contribution in [3.8, 4) is 6.07 Å². The molecule has 1 aromatic rings. The predicted octanol–water partition coefficient (Wildman–Crippen LogP) is 3.44. The first kappa shape index (κ1) is 9.80. The Hall–Kier alpha value is -1.29. The summed E-state index contributed by atoms with van der Waals surface area (Å²) in [4.78, 5) is 0. The number of hydrogen-bond acceptors (Lipinski definition) is 1. The number of hydrogen-bond donors (Lipinski definition) is 0. The fourth-order valence-corrected chi connectivity index (χ4v) is 1.24. The molecule has 0 heterocycles. The van der Waals surface area contributed by atoms with E-state index in [0.29, 0.717) is 5.92 Å². The SMILES string of the molecule is CC(C)c1ccc([C@@H](C)C#N)cc1. The van der Waals surface area contributed by atoms with E-state index in [4.69, 9.17) is 5.26 Å². The van der Waals surface area contributed by atoms with E-state index in [-0.39, 0.29) is 5.92 Å². The summed E-state index contributed by atoms with van der Waals surface area (Å²) in [6, 6.07) is 10.5. The normalized spacial score (nSPS) is 12.5. The van der Waals surface area contributed by atoms with Crippen LogP contribution in [0.25, 0.3) is 0 Å². The molecule has 0 aliphatic heterocycles. The van der Waals surface area contributed by atoms with Crippen LogP contribution < -0.4 is 0 Å². The minimum absolute atomic E-state index is 0.00112. The largest absolute Gasteiger partial charge is 0.198 e. The van der Waals surface area contributed by atoms with Crippen LogP contribution in [0.4, 0.5) is 0 Å². The molecule has 13 heavy (non-hydrogen) atoms. The van der Waals surface area contributed by atoms with Gasteiger partial charge in [0.1, 0.15) is 0 Å². The first-order valence-corrected chi connectivity index (χ1v) is 4.64. The van der Waals surface area contributed by atoms with E-state index < -0.39 is 0 Å². The smallest absolute Gasteiger partial charge is 0.0700 e. The molecule has 1 rings (SSSR count). The maximum absolute atomic E-state index is 8.72. The minimum Gasteiger partial charge on any atom is -0.198 e. The van der Waals surface area contributed by atoms with Gasteiger partial charge in [0, 0.05) is 0 Å². The van der Waals surface area contributed by atoms with Gasteiger partial charge in [-0.15, -0.1) is 0 Å². The molecular weight excluding hydrogens is 158 g/mol. The third kappa shape index (κ3) is 2.32. The molecule has 0 aromatic heterocycles. The van der Waals surface area contributed by atoms with Crippen molar-refractivity contribution >= 4 is 0 Å². The molecule has 1 aromatic carbocycles. The maximum Gasteiger partial charge on any atom is 0.0700 e. The molecular formula is C12H15N. The Labute approximate surface area is 80.0 Å². The van der Waals surface area contributed by atoms with Crippen LogP contribution in [-0.4, -0.2) is 0 Å². The van der Waals surface area contributed by atoms with Crippen molar-refractivity contribution in [2.75, 3.05) is 0 Å². The second kappa shape index (κ2) is 4.09. The van der Waals surface area contributed by atoms with Crippen LogP contribution in [0, 0.1) is 11.3 Å². The van der Waals surface area contributed by atoms with Crippen LogP contribution in [0.2, 0.25) is 0 Å². The summed E-state index contributed by atoms with van der Waals surface area (Å²) in [6.07, 6.45) is 0. The summed E-state index contributed by atoms with van der Waals surface area (Å²) in [5.74, 6) is 0.563. The average Bonchev–Trinajstić information content (AvgIpc) is 2.17. The zero-order chi connectivity index (χ0) is 9.84. The van der Waals surface area contributed by atoms with Gasteiger partial charge in [0.25, 0.3) is 0 Å². The molecule has 0 saturated heterocycles. The molecule has 1 nitrogen and oxygen atoms in total. The quantitative estimate of drug-likeness (QED) is 0.672. The van der Waals surface area contributed by atoms with Crippen molar-refractivity contribution in [2.24, 2.45) is 0 Å². The van der Waals surface area contributed by atoms with Crippen molar-refractivity contribution < 1.29 is 0 Å². The second-order valence-corrected chi connectivity index (χ2v) is 3.67. The second-order valence-electron chi connectivity index (χ2n) is 3.67. The van der Waals surface area contributed by atoms with Crippen LogP contribution in [0.1, 0.15) is 43.7 Å². The van der Waals surface area contributed by atoms with Gasteiger partial charge in [0.15, 0.2) is 0 Å². The maximum atomic E-state index is 8.72. The highest BCUT2D eigenvalue weighted by atomic mass is 14.3. The third-order valence-electron chi connectivity index (χ3n) is 2.30. The molecule has 0 unspecified atom stereocenters. The van der Waals surface area contributed by atoms with Crippen LogP contribution in [0.5, 0.6) is 0 Å². The summed E-state index contributed by atoms with van der Waals surface area (Å²) < 4.78 is 0. The first-order chi connectivity index (χ1) is 6.15. The summed E-state index contributed by atoms with van der Waals surface area (Å²) in [7, 11) is 0. The molecule has 0 aliphatic rings. The van der Waals surface area contributed by atoms with Crippen molar-refractivity contribution in [1.82, 2.24) is 0 Å². The molecule has 1 atom stereocenters. The van der Waals surface area contributed by atoms with Crippen molar-refractivity contribution in [1.29, 1.82) is 5.26 Å². The highest BCUT2D eigenvalue weighted by Gasteiger charge is 2.03. The highest BCUT2D eigenvalue weighted by molar-refractivity contribution is 5.29. The summed E-state index contributed by atoms with van der Waals surface area (Å²) in [6.45, 7) is 6.26. The van der Waals surface area contributed by atoms with Crippen molar-refractivity contribution in [3.05, 3.63) is 35.4 Å². The van der Waals surface area contributed by atoms with Crippen molar-refractivity contribution in [3.63, 3.8) is 0 Å². The van der Waals surface area contributed by atoms with Gasteiger partial charge < -0.3 is 0 Å². The molecule has 68 valence electrons. The first-order valence-electron chi connectivity index (χ1n) is 4.64. The zero-order valence-corrected chi connectivity index (χ0v) is 8.41. The fraction of sp³-hybridized carbons (Fsp3) is 0.417. The monoisotopic (exact) mass is 173 g/mol. The van der Waals surface area contributed by atoms with Crippen LogP contribution >= 0.6 is 0 Å². The van der Waals surface area contributed by atoms with Gasteiger partial charge >= 0.3 is 0 Å². The molecule has 0 amide bonds. The standard InChI is InChI=1S/C12H15N/c1-9(2)11-4-6-12(7-5-11)10(3)8-13/h4-7,9-10H,1-3H3/t10-/m0/s1. The summed E-state index contributed by atoms with van der Waals surface area (Å²) in [5.41, 5.74) is 2.43. The van der Waals surface area contributed by atoms with Gasteiger partial charge in [-0.3, -0.25) is 0 Å². The fourth-order valence-electron chi connectivity index (χ4n) is 1.24. The Bertz CT molecular complexity index is 303. The summed E-state index contributed by atoms with van der Waals surface area (Å²) >= 11 is 0. The topological polar surface area (TPSA) is 23.8 Å². The van der Waals surface area contributed by atoms with Gasteiger partial charge in [0.2, 0.25) is 0 Å². The van der Waals surface area contributed by atoms with Gasteiger partial charge in [-0.2, -0.15) is 5.26 Å². The zero-order valence-electron chi connectivity index (χ0n) is 8.41. The Morgan fingerprint density at radius 2 is 1.46 bits per heavy atom. The average molecular weight is 173 g/mol. The molecule has 0 saturated carbocycles. The lowest BCUT2D eigenvalue weighted by Crippen LogP contribution is -1.91. The molecule has 1 heteroatoms. The highest BCUT2D eigenvalue weighted by Crippen LogP contribution is 2.19. The van der Waals surface area contributed by atoms with E-state index in [9.17, 15) is 0 Å². The Balaban J connectivity index is 2.89. The lowest BCUT2D eigenvalue weighted by molar-refractivity contribution is 0.862. The van der Waals surface area contributed by atoms with Gasteiger partial charge in [-0.1, -0.05) is 38.1 Å². The van der Waals surface area contributed by atoms with Crippen LogP contribution in [0.3, 0.4) is 0 Å². The van der Waals surface area contributed by atoms with E-state index in [0.717, 1.165) is 5.56 Å². The third-order valence-corrected chi connectivity index (χ3v) is 2.30. The lowest BCUT2D eigenvalue weighted by atomic mass is 9.97. The van der Waals surface area contributed by atoms with E-state index >= 15 is 0 Å². The minimum atomic E-state index is 0.00112. The molecule has 0 bridgehead atoms. The van der Waals surface area contributed by atoms with Crippen LogP contribution in [0.15, 0.2) is 24.3 Å². The van der Waals surface area contributed by atoms with E-state index in [2.05, 4.69) is 32.0 Å². The lowest BCUT2D eigenvalue weighted by Gasteiger charge is -2.07. The molecule has 0 spiro atoms. The Morgan fingerprint density at radius 1 is 1.00 bits per heavy atom.